The molecule has 0 aromatic carbocycles. The molecule has 19 heavy (non-hydrogen) atoms. The minimum atomic E-state index is -0.415. The van der Waals surface area contributed by atoms with E-state index >= 15 is 0 Å². The number of hydrogen-bond donors (Lipinski definition) is 1. The molecule has 1 heterocycles. The average Bonchev–Trinajstić information content (AvgIpc) is 2.35. The maximum atomic E-state index is 11.7. The quantitative estimate of drug-likeness (QED) is 0.749. The van der Waals surface area contributed by atoms with E-state index in [0.29, 0.717) is 12.0 Å². The first kappa shape index (κ1) is 16.4. The van der Waals surface area contributed by atoms with Crippen LogP contribution in [0.2, 0.25) is 0 Å². The van der Waals surface area contributed by atoms with Crippen LogP contribution in [-0.2, 0) is 9.53 Å². The van der Waals surface area contributed by atoms with Gasteiger partial charge in [0.25, 0.3) is 0 Å². The summed E-state index contributed by atoms with van der Waals surface area (Å²) in [5.74, 6) is 0.583. The Morgan fingerprint density at radius 3 is 2.74 bits per heavy atom. The van der Waals surface area contributed by atoms with E-state index in [-0.39, 0.29) is 5.97 Å². The lowest BCUT2D eigenvalue weighted by molar-refractivity contribution is -0.152. The molecule has 0 aromatic heterocycles. The second kappa shape index (κ2) is 7.25. The van der Waals surface area contributed by atoms with Gasteiger partial charge in [-0.05, 0) is 45.7 Å². The lowest BCUT2D eigenvalue weighted by atomic mass is 9.90. The van der Waals surface area contributed by atoms with Crippen molar-refractivity contribution in [1.29, 1.82) is 0 Å². The number of hydrogen-bond acceptors (Lipinski definition) is 4. The Hall–Kier alpha value is -0.610. The normalized spacial score (nSPS) is 21.7. The van der Waals surface area contributed by atoms with E-state index in [1.54, 1.807) is 0 Å². The number of nitrogens with one attached hydrogen (secondary N) is 1. The van der Waals surface area contributed by atoms with Crippen molar-refractivity contribution < 1.29 is 9.53 Å². The summed E-state index contributed by atoms with van der Waals surface area (Å²) in [4.78, 5) is 14.2. The minimum absolute atomic E-state index is 0.116. The molecule has 0 aliphatic carbocycles. The largest absolute Gasteiger partial charge is 0.469 e. The molecule has 0 bridgehead atoms. The number of ether oxygens (including phenoxy) is 1. The Balaban J connectivity index is 2.44. The summed E-state index contributed by atoms with van der Waals surface area (Å²) < 4.78 is 4.88. The molecule has 112 valence electrons. The van der Waals surface area contributed by atoms with Gasteiger partial charge in [0, 0.05) is 19.1 Å². The van der Waals surface area contributed by atoms with E-state index in [4.69, 9.17) is 4.74 Å². The number of carbonyl (C=O) groups excluding carboxylic acids is 1. The van der Waals surface area contributed by atoms with Gasteiger partial charge in [0.05, 0.1) is 12.5 Å². The standard InChI is InChI=1S/C15H30N2O2/c1-12(2)16-9-13-7-6-8-17(10-13)11-15(3,4)14(18)19-5/h12-13,16H,6-11H2,1-5H3. The van der Waals surface area contributed by atoms with E-state index in [1.165, 1.54) is 20.0 Å². The lowest BCUT2D eigenvalue weighted by Gasteiger charge is -2.37. The topological polar surface area (TPSA) is 41.6 Å². The monoisotopic (exact) mass is 270 g/mol. The first-order chi connectivity index (χ1) is 8.85. The highest BCUT2D eigenvalue weighted by Gasteiger charge is 2.32. The molecule has 1 saturated heterocycles. The van der Waals surface area contributed by atoms with Crippen LogP contribution in [0.25, 0.3) is 0 Å². The molecule has 0 aromatic rings. The van der Waals surface area contributed by atoms with Gasteiger partial charge in [-0.2, -0.15) is 0 Å². The molecule has 1 atom stereocenters. The van der Waals surface area contributed by atoms with Gasteiger partial charge in [0.1, 0.15) is 0 Å². The highest BCUT2D eigenvalue weighted by molar-refractivity contribution is 5.76. The Morgan fingerprint density at radius 1 is 1.47 bits per heavy atom. The first-order valence-corrected chi connectivity index (χ1v) is 7.39. The van der Waals surface area contributed by atoms with Crippen LogP contribution >= 0.6 is 0 Å². The maximum Gasteiger partial charge on any atom is 0.312 e. The van der Waals surface area contributed by atoms with Gasteiger partial charge < -0.3 is 15.0 Å². The molecule has 1 N–H and O–H groups in total. The molecule has 4 nitrogen and oxygen atoms in total. The summed E-state index contributed by atoms with van der Waals surface area (Å²) in [6, 6.07) is 0.543. The van der Waals surface area contributed by atoms with Crippen molar-refractivity contribution in [2.75, 3.05) is 33.3 Å². The molecule has 0 saturated carbocycles. The number of piperidine rings is 1. The molecule has 4 heteroatoms. The van der Waals surface area contributed by atoms with Gasteiger partial charge in [-0.3, -0.25) is 4.79 Å². The number of rotatable bonds is 6. The van der Waals surface area contributed by atoms with Crippen LogP contribution in [0.5, 0.6) is 0 Å². The average molecular weight is 270 g/mol. The zero-order valence-corrected chi connectivity index (χ0v) is 13.2. The molecule has 1 aliphatic rings. The van der Waals surface area contributed by atoms with E-state index in [9.17, 15) is 4.79 Å². The molecule has 0 amide bonds. The zero-order valence-electron chi connectivity index (χ0n) is 13.2. The van der Waals surface area contributed by atoms with Crippen LogP contribution in [0.15, 0.2) is 0 Å². The second-order valence-corrected chi connectivity index (χ2v) is 6.68. The second-order valence-electron chi connectivity index (χ2n) is 6.68. The Bertz CT molecular complexity index is 290. The fourth-order valence-electron chi connectivity index (χ4n) is 2.76. The third kappa shape index (κ3) is 5.49. The highest BCUT2D eigenvalue weighted by atomic mass is 16.5. The highest BCUT2D eigenvalue weighted by Crippen LogP contribution is 2.23. The van der Waals surface area contributed by atoms with Crippen molar-refractivity contribution in [3.05, 3.63) is 0 Å². The fraction of sp³-hybridized carbons (Fsp3) is 0.933. The van der Waals surface area contributed by atoms with Crippen LogP contribution in [0.3, 0.4) is 0 Å². The number of methoxy groups -OCH3 is 1. The van der Waals surface area contributed by atoms with Crippen molar-refractivity contribution in [3.8, 4) is 0 Å². The van der Waals surface area contributed by atoms with Gasteiger partial charge in [0.15, 0.2) is 0 Å². The van der Waals surface area contributed by atoms with E-state index in [0.717, 1.165) is 26.2 Å². The number of esters is 1. The van der Waals surface area contributed by atoms with Gasteiger partial charge in [-0.1, -0.05) is 13.8 Å². The van der Waals surface area contributed by atoms with Crippen molar-refractivity contribution in [3.63, 3.8) is 0 Å². The summed E-state index contributed by atoms with van der Waals surface area (Å²) in [5, 5.41) is 3.51. The molecule has 1 unspecified atom stereocenters. The molecule has 1 fully saturated rings. The third-order valence-corrected chi connectivity index (χ3v) is 3.77. The lowest BCUT2D eigenvalue weighted by Crippen LogP contribution is -2.46. The summed E-state index contributed by atoms with van der Waals surface area (Å²) >= 11 is 0. The van der Waals surface area contributed by atoms with Crippen molar-refractivity contribution in [2.24, 2.45) is 11.3 Å². The van der Waals surface area contributed by atoms with Crippen LogP contribution in [-0.4, -0.2) is 50.2 Å². The van der Waals surface area contributed by atoms with E-state index < -0.39 is 5.41 Å². The molecular formula is C15H30N2O2. The van der Waals surface area contributed by atoms with Gasteiger partial charge in [-0.25, -0.2) is 0 Å². The maximum absolute atomic E-state index is 11.7. The minimum Gasteiger partial charge on any atom is -0.469 e. The molecular weight excluding hydrogens is 240 g/mol. The van der Waals surface area contributed by atoms with Crippen LogP contribution < -0.4 is 5.32 Å². The smallest absolute Gasteiger partial charge is 0.312 e. The van der Waals surface area contributed by atoms with Crippen molar-refractivity contribution >= 4 is 5.97 Å². The zero-order chi connectivity index (χ0) is 14.5. The Kier molecular flexibility index (Phi) is 6.27. The molecule has 1 aliphatic heterocycles. The Labute approximate surface area is 117 Å². The summed E-state index contributed by atoms with van der Waals surface area (Å²) in [7, 11) is 1.47. The van der Waals surface area contributed by atoms with Crippen LogP contribution in [0.1, 0.15) is 40.5 Å². The van der Waals surface area contributed by atoms with Crippen molar-refractivity contribution in [1.82, 2.24) is 10.2 Å². The predicted octanol–water partition coefficient (Wildman–Crippen LogP) is 1.90. The molecule has 0 radical (unpaired) electrons. The SMILES string of the molecule is COC(=O)C(C)(C)CN1CCCC(CNC(C)C)C1. The molecule has 0 spiro atoms. The van der Waals surface area contributed by atoms with Gasteiger partial charge >= 0.3 is 5.97 Å². The van der Waals surface area contributed by atoms with Crippen molar-refractivity contribution in [2.45, 2.75) is 46.6 Å². The predicted molar refractivity (Wildman–Crippen MR) is 78.1 cm³/mol. The van der Waals surface area contributed by atoms with E-state index in [1.807, 2.05) is 13.8 Å². The summed E-state index contributed by atoms with van der Waals surface area (Å²) in [6.07, 6.45) is 2.51. The summed E-state index contributed by atoms with van der Waals surface area (Å²) in [5.41, 5.74) is -0.415. The van der Waals surface area contributed by atoms with Gasteiger partial charge in [-0.15, -0.1) is 0 Å². The van der Waals surface area contributed by atoms with E-state index in [2.05, 4.69) is 24.1 Å². The Morgan fingerprint density at radius 2 is 2.16 bits per heavy atom. The number of likely N-dealkylation sites (tertiary alicyclic amines) is 1. The van der Waals surface area contributed by atoms with Gasteiger partial charge in [0.2, 0.25) is 0 Å². The number of nitrogens with zero attached hydrogens (tertiary/aromatic N) is 1. The molecule has 1 rings (SSSR count). The fourth-order valence-corrected chi connectivity index (χ4v) is 2.76. The number of carbonyl (C=O) groups is 1. The van der Waals surface area contributed by atoms with Crippen LogP contribution in [0, 0.1) is 11.3 Å². The summed E-state index contributed by atoms with van der Waals surface area (Å²) in [6.45, 7) is 12.3. The third-order valence-electron chi connectivity index (χ3n) is 3.77. The van der Waals surface area contributed by atoms with Crippen LogP contribution in [0.4, 0.5) is 0 Å². The first-order valence-electron chi connectivity index (χ1n) is 7.39.